The largest absolute Gasteiger partial charge is 0.491 e. The molecule has 30 nitrogen and oxygen atoms in total. The number of piperidine rings is 1. The first kappa shape index (κ1) is 63.5. The number of hydrogen-bond donors (Lipinski definition) is 8. The van der Waals surface area contributed by atoms with Gasteiger partial charge in [0.1, 0.15) is 19.0 Å². The molecule has 12 N–H and O–H groups in total. The molecule has 96 heavy (non-hydrogen) atoms. The number of aromatic nitrogens is 16. The summed E-state index contributed by atoms with van der Waals surface area (Å²) in [6, 6.07) is 51.7. The SMILES string of the molecule is CC(C)Oc1ccc(Nc2nc(N)n(-c3ccccn3)n2)cc1.Nc1nc(Nc2ccc(N3CCCCC3)cc2)nn1-c1ccccn1.Nc1nc(Nc2ccc(N3CCOCC3)cc2)nn1-c1ccccn1.Nc1nc(Nc2ccc3c(c2)OCCO3)nn1-c1ccccn1. The average Bonchev–Trinajstić information content (AvgIpc) is 1.85. The summed E-state index contributed by atoms with van der Waals surface area (Å²) in [7, 11) is 0. The normalized spacial score (nSPS) is 13.2. The van der Waals surface area contributed by atoms with E-state index in [2.05, 4.69) is 116 Å². The first-order valence-electron chi connectivity index (χ1n) is 31.1. The molecule has 30 heteroatoms. The maximum Gasteiger partial charge on any atom is 0.248 e. The number of benzene rings is 4. The topological polar surface area (TPSA) is 370 Å². The highest BCUT2D eigenvalue weighted by atomic mass is 16.6. The van der Waals surface area contributed by atoms with Crippen molar-refractivity contribution in [2.45, 2.75) is 39.2 Å². The van der Waals surface area contributed by atoms with Crippen LogP contribution in [0.1, 0.15) is 33.1 Å². The number of nitrogen functional groups attached to an aromatic ring is 4. The van der Waals surface area contributed by atoms with E-state index in [0.717, 1.165) is 73.6 Å². The fourth-order valence-corrected chi connectivity index (χ4v) is 10.1. The smallest absolute Gasteiger partial charge is 0.248 e. The van der Waals surface area contributed by atoms with E-state index >= 15 is 0 Å². The zero-order valence-corrected chi connectivity index (χ0v) is 52.7. The molecule has 3 aliphatic rings. The lowest BCUT2D eigenvalue weighted by molar-refractivity contribution is 0.122. The lowest BCUT2D eigenvalue weighted by Gasteiger charge is -2.28. The number of fused-ring (bicyclic) bond motifs is 1. The van der Waals surface area contributed by atoms with Crippen molar-refractivity contribution in [1.82, 2.24) is 79.0 Å². The summed E-state index contributed by atoms with van der Waals surface area (Å²) in [4.78, 5) is 38.5. The van der Waals surface area contributed by atoms with Gasteiger partial charge in [0.05, 0.1) is 19.3 Å². The molecule has 0 radical (unpaired) electrons. The van der Waals surface area contributed by atoms with Crippen molar-refractivity contribution < 1.29 is 18.9 Å². The molecule has 11 heterocycles. The Balaban J connectivity index is 0.000000122. The van der Waals surface area contributed by atoms with Crippen LogP contribution in [0.3, 0.4) is 0 Å². The fourth-order valence-electron chi connectivity index (χ4n) is 10.1. The zero-order chi connectivity index (χ0) is 66.0. The fraction of sp³-hybridized carbons (Fsp3) is 0.212. The van der Waals surface area contributed by atoms with Gasteiger partial charge in [0.15, 0.2) is 34.8 Å². The zero-order valence-electron chi connectivity index (χ0n) is 52.7. The second-order valence-corrected chi connectivity index (χ2v) is 21.9. The van der Waals surface area contributed by atoms with Gasteiger partial charge in [-0.1, -0.05) is 24.3 Å². The molecule has 0 aliphatic carbocycles. The highest BCUT2D eigenvalue weighted by molar-refractivity contribution is 5.63. The van der Waals surface area contributed by atoms with Crippen LogP contribution in [0.5, 0.6) is 17.2 Å². The summed E-state index contributed by atoms with van der Waals surface area (Å²) >= 11 is 0. The van der Waals surface area contributed by atoms with Gasteiger partial charge in [0.2, 0.25) is 47.6 Å². The molecule has 0 saturated carbocycles. The highest BCUT2D eigenvalue weighted by Crippen LogP contribution is 2.34. The van der Waals surface area contributed by atoms with Gasteiger partial charge in [-0.3, -0.25) is 0 Å². The maximum absolute atomic E-state index is 5.95. The molecule has 3 aliphatic heterocycles. The number of hydrogen-bond acceptors (Lipinski definition) is 26. The molecule has 0 unspecified atom stereocenters. The second-order valence-electron chi connectivity index (χ2n) is 21.9. The predicted octanol–water partition coefficient (Wildman–Crippen LogP) is 9.34. The van der Waals surface area contributed by atoms with Crippen molar-refractivity contribution in [2.24, 2.45) is 0 Å². The van der Waals surface area contributed by atoms with Crippen molar-refractivity contribution in [1.29, 1.82) is 0 Å². The van der Waals surface area contributed by atoms with E-state index in [4.69, 9.17) is 41.9 Å². The molecular weight excluding hydrogens is 1220 g/mol. The molecule has 8 aromatic heterocycles. The van der Waals surface area contributed by atoms with Gasteiger partial charge in [-0.2, -0.15) is 38.7 Å². The Kier molecular flexibility index (Phi) is 20.3. The van der Waals surface area contributed by atoms with Crippen molar-refractivity contribution in [3.8, 4) is 40.5 Å². The first-order chi connectivity index (χ1) is 47.0. The van der Waals surface area contributed by atoms with E-state index in [0.29, 0.717) is 72.0 Å². The van der Waals surface area contributed by atoms with E-state index in [9.17, 15) is 0 Å². The molecule has 490 valence electrons. The van der Waals surface area contributed by atoms with Crippen molar-refractivity contribution in [3.05, 3.63) is 189 Å². The van der Waals surface area contributed by atoms with Gasteiger partial charge in [0.25, 0.3) is 0 Å². The van der Waals surface area contributed by atoms with Crippen molar-refractivity contribution in [2.75, 3.05) is 107 Å². The second kappa shape index (κ2) is 30.7. The molecule has 0 amide bonds. The van der Waals surface area contributed by atoms with Crippen LogP contribution in [0.2, 0.25) is 0 Å². The van der Waals surface area contributed by atoms with Crippen LogP contribution in [0.15, 0.2) is 189 Å². The third-order valence-corrected chi connectivity index (χ3v) is 14.6. The Morgan fingerprint density at radius 3 is 1.11 bits per heavy atom. The van der Waals surface area contributed by atoms with Gasteiger partial charge in [0, 0.05) is 91.2 Å². The number of nitrogens with one attached hydrogen (secondary N) is 4. The minimum absolute atomic E-state index is 0.143. The number of anilines is 14. The lowest BCUT2D eigenvalue weighted by Crippen LogP contribution is -2.36. The first-order valence-corrected chi connectivity index (χ1v) is 31.1. The number of morpholine rings is 1. The van der Waals surface area contributed by atoms with Gasteiger partial charge in [-0.25, -0.2) is 19.9 Å². The number of nitrogens with two attached hydrogens (primary N) is 4. The van der Waals surface area contributed by atoms with Gasteiger partial charge in [-0.15, -0.1) is 20.4 Å². The standard InChI is InChI=1S/C18H21N7.C17H19N7O.C16H18N6O.C15H14N6O2/c19-17-22-18(23-25(17)16-6-2-3-11-20-16)21-14-7-9-15(10-8-14)24-12-4-1-5-13-24;18-16-21-17(22-24(16)15-3-1-2-8-19-15)20-13-4-6-14(7-5-13)23-9-11-25-12-10-23;1-11(2)23-13-8-6-12(7-9-13)19-16-20-15(17)22(21-16)14-5-3-4-10-18-14;16-14-19-15(20-21(14)13-3-1-2-6-17-13)18-10-4-5-11-12(9-10)23-8-7-22-11/h2-3,6-11H,1,4-5,12-13H2,(H3,19,21,22,23);1-8H,9-12H2,(H3,18,20,21,22);3-11H,1-2H3,(H3,17,19,20,21);1-6,9H,7-8H2,(H3,16,18,19,20). The van der Waals surface area contributed by atoms with Gasteiger partial charge >= 0.3 is 0 Å². The molecule has 2 fully saturated rings. The van der Waals surface area contributed by atoms with Gasteiger partial charge in [-0.05, 0) is 167 Å². The Morgan fingerprint density at radius 2 is 0.740 bits per heavy atom. The van der Waals surface area contributed by atoms with E-state index < -0.39 is 0 Å². The molecule has 2 saturated heterocycles. The minimum atomic E-state index is 0.143. The third kappa shape index (κ3) is 16.7. The lowest BCUT2D eigenvalue weighted by atomic mass is 10.1. The Bertz CT molecular complexity index is 4230. The van der Waals surface area contributed by atoms with E-state index in [1.54, 1.807) is 30.9 Å². The van der Waals surface area contributed by atoms with Crippen molar-refractivity contribution >= 4 is 81.7 Å². The highest BCUT2D eigenvalue weighted by Gasteiger charge is 2.18. The van der Waals surface area contributed by atoms with Crippen LogP contribution in [-0.4, -0.2) is 138 Å². The predicted molar refractivity (Wildman–Crippen MR) is 369 cm³/mol. The summed E-state index contributed by atoms with van der Waals surface area (Å²) in [5, 5.41) is 30.0. The average molecular weight is 1290 g/mol. The van der Waals surface area contributed by atoms with Crippen molar-refractivity contribution in [3.63, 3.8) is 0 Å². The van der Waals surface area contributed by atoms with Crippen LogP contribution in [0.4, 0.5) is 81.7 Å². The maximum atomic E-state index is 5.95. The molecule has 4 aromatic carbocycles. The molecule has 12 aromatic rings. The number of pyridine rings is 4. The van der Waals surface area contributed by atoms with E-state index in [1.807, 2.05) is 147 Å². The van der Waals surface area contributed by atoms with E-state index in [1.165, 1.54) is 49.4 Å². The number of rotatable bonds is 16. The molecule has 0 spiro atoms. The van der Waals surface area contributed by atoms with Gasteiger partial charge < -0.3 is 72.9 Å². The van der Waals surface area contributed by atoms with Crippen LogP contribution in [-0.2, 0) is 4.74 Å². The third-order valence-electron chi connectivity index (χ3n) is 14.6. The minimum Gasteiger partial charge on any atom is -0.491 e. The van der Waals surface area contributed by atoms with Crippen LogP contribution in [0, 0.1) is 0 Å². The number of ether oxygens (including phenoxy) is 4. The van der Waals surface area contributed by atoms with Crippen LogP contribution < -0.4 is 68.2 Å². The summed E-state index contributed by atoms with van der Waals surface area (Å²) in [6.07, 6.45) is 10.8. The Hall–Kier alpha value is -12.6. The summed E-state index contributed by atoms with van der Waals surface area (Å²) in [6.45, 7) is 10.7. The summed E-state index contributed by atoms with van der Waals surface area (Å²) in [5.41, 5.74) is 29.6. The van der Waals surface area contributed by atoms with E-state index in [-0.39, 0.29) is 23.9 Å². The molecule has 0 bridgehead atoms. The monoisotopic (exact) mass is 1290 g/mol. The van der Waals surface area contributed by atoms with Crippen LogP contribution in [0.25, 0.3) is 23.3 Å². The Morgan fingerprint density at radius 1 is 0.385 bits per heavy atom. The Labute approximate surface area is 552 Å². The van der Waals surface area contributed by atoms with Crippen LogP contribution >= 0.6 is 0 Å². The summed E-state index contributed by atoms with van der Waals surface area (Å²) in [5.74, 6) is 7.51. The molecular formula is C66H72N26O4. The molecule has 15 rings (SSSR count). The quantitative estimate of drug-likeness (QED) is 0.0446. The molecule has 0 atom stereocenters. The number of nitrogens with zero attached hydrogens (tertiary/aromatic N) is 18. The summed E-state index contributed by atoms with van der Waals surface area (Å²) < 4.78 is 28.0.